The monoisotopic (exact) mass is 464 g/mol. The summed E-state index contributed by atoms with van der Waals surface area (Å²) < 4.78 is 4.75. The van der Waals surface area contributed by atoms with Gasteiger partial charge in [-0.25, -0.2) is 0 Å². The van der Waals surface area contributed by atoms with Crippen molar-refractivity contribution >= 4 is 73.4 Å². The largest absolute Gasteiger partial charge is 0.330 e. The van der Waals surface area contributed by atoms with E-state index in [0.717, 1.165) is 21.2 Å². The summed E-state index contributed by atoms with van der Waals surface area (Å²) in [5.74, 6) is 0. The normalized spacial score (nSPS) is 11.1. The van der Waals surface area contributed by atoms with Gasteiger partial charge in [-0.05, 0) is 87.1 Å². The standard InChI is InChI=1S/C13H7BrClIN2S/c14-9-3-1-7(15)5-12(9)18-11-4-2-8(16)6-10(11)17-13(18)19/h1-6H,(H,17,19). The van der Waals surface area contributed by atoms with E-state index in [1.807, 2.05) is 22.8 Å². The van der Waals surface area contributed by atoms with E-state index in [0.29, 0.717) is 9.79 Å². The highest BCUT2D eigenvalue weighted by molar-refractivity contribution is 14.1. The van der Waals surface area contributed by atoms with Gasteiger partial charge in [-0.1, -0.05) is 11.6 Å². The summed E-state index contributed by atoms with van der Waals surface area (Å²) in [7, 11) is 0. The molecule has 1 N–H and O–H groups in total. The van der Waals surface area contributed by atoms with E-state index in [4.69, 9.17) is 23.8 Å². The minimum Gasteiger partial charge on any atom is -0.330 e. The minimum atomic E-state index is 0.653. The number of imidazole rings is 1. The highest BCUT2D eigenvalue weighted by Crippen LogP contribution is 2.28. The van der Waals surface area contributed by atoms with Gasteiger partial charge in [0.2, 0.25) is 0 Å². The number of hydrogen-bond acceptors (Lipinski definition) is 1. The van der Waals surface area contributed by atoms with Crippen LogP contribution in [0.15, 0.2) is 40.9 Å². The van der Waals surface area contributed by atoms with Gasteiger partial charge < -0.3 is 4.98 Å². The third-order valence-electron chi connectivity index (χ3n) is 2.79. The first kappa shape index (κ1) is 13.6. The third kappa shape index (κ3) is 2.49. The van der Waals surface area contributed by atoms with Crippen LogP contribution >= 0.6 is 62.3 Å². The maximum absolute atomic E-state index is 6.08. The fourth-order valence-electron chi connectivity index (χ4n) is 1.98. The maximum Gasteiger partial charge on any atom is 0.182 e. The maximum atomic E-state index is 6.08. The van der Waals surface area contributed by atoms with Crippen molar-refractivity contribution in [3.05, 3.63) is 54.2 Å². The number of nitrogens with zero attached hydrogens (tertiary/aromatic N) is 1. The molecular weight excluding hydrogens is 458 g/mol. The first-order valence-corrected chi connectivity index (χ1v) is 8.08. The lowest BCUT2D eigenvalue weighted by Crippen LogP contribution is -1.95. The van der Waals surface area contributed by atoms with Crippen molar-refractivity contribution in [2.24, 2.45) is 0 Å². The number of aromatic nitrogens is 2. The van der Waals surface area contributed by atoms with Crippen molar-refractivity contribution < 1.29 is 0 Å². The van der Waals surface area contributed by atoms with Gasteiger partial charge in [0.05, 0.1) is 16.7 Å². The second-order valence-corrected chi connectivity index (χ2v) is 6.95. The molecule has 3 aromatic rings. The summed E-state index contributed by atoms with van der Waals surface area (Å²) in [5.41, 5.74) is 2.99. The van der Waals surface area contributed by atoms with E-state index < -0.39 is 0 Å². The first-order valence-electron chi connectivity index (χ1n) is 5.42. The summed E-state index contributed by atoms with van der Waals surface area (Å²) in [5, 5.41) is 0.681. The molecule has 1 aromatic heterocycles. The fourth-order valence-corrected chi connectivity index (χ4v) is 3.37. The predicted molar refractivity (Wildman–Crippen MR) is 93.9 cm³/mol. The van der Waals surface area contributed by atoms with Crippen LogP contribution in [0.1, 0.15) is 0 Å². The second kappa shape index (κ2) is 5.20. The van der Waals surface area contributed by atoms with Gasteiger partial charge in [-0.2, -0.15) is 0 Å². The molecule has 3 rings (SSSR count). The van der Waals surface area contributed by atoms with Crippen LogP contribution in [0.4, 0.5) is 0 Å². The summed E-state index contributed by atoms with van der Waals surface area (Å²) >= 11 is 17.3. The molecule has 0 amide bonds. The Kier molecular flexibility index (Phi) is 3.72. The number of H-pyrrole nitrogens is 1. The van der Waals surface area contributed by atoms with Crippen molar-refractivity contribution in [1.29, 1.82) is 0 Å². The van der Waals surface area contributed by atoms with Crippen LogP contribution in [0.2, 0.25) is 5.02 Å². The number of benzene rings is 2. The van der Waals surface area contributed by atoms with Crippen LogP contribution in [-0.2, 0) is 0 Å². The molecular formula is C13H7BrClIN2S. The molecule has 0 atom stereocenters. The number of fused-ring (bicyclic) bond motifs is 1. The van der Waals surface area contributed by atoms with Crippen LogP contribution < -0.4 is 0 Å². The molecule has 2 nitrogen and oxygen atoms in total. The molecule has 0 saturated heterocycles. The van der Waals surface area contributed by atoms with E-state index in [2.05, 4.69) is 61.7 Å². The SMILES string of the molecule is S=c1[nH]c2cc(I)ccc2n1-c1cc(Cl)ccc1Br. The average Bonchev–Trinajstić information content (AvgIpc) is 2.67. The van der Waals surface area contributed by atoms with Crippen LogP contribution in [0, 0.1) is 8.34 Å². The topological polar surface area (TPSA) is 20.7 Å². The van der Waals surface area contributed by atoms with Gasteiger partial charge in [0.25, 0.3) is 0 Å². The highest BCUT2D eigenvalue weighted by Gasteiger charge is 2.10. The highest BCUT2D eigenvalue weighted by atomic mass is 127. The van der Waals surface area contributed by atoms with E-state index in [1.54, 1.807) is 0 Å². The average molecular weight is 466 g/mol. The Morgan fingerprint density at radius 3 is 2.79 bits per heavy atom. The van der Waals surface area contributed by atoms with Crippen molar-refractivity contribution in [3.8, 4) is 5.69 Å². The predicted octanol–water partition coefficient (Wildman–Crippen LogP) is 5.71. The zero-order valence-corrected chi connectivity index (χ0v) is 14.8. The number of nitrogens with one attached hydrogen (secondary N) is 1. The molecule has 0 saturated carbocycles. The molecule has 0 fully saturated rings. The smallest absolute Gasteiger partial charge is 0.182 e. The molecule has 0 aliphatic rings. The van der Waals surface area contributed by atoms with Crippen LogP contribution in [0.5, 0.6) is 0 Å². The molecule has 2 aromatic carbocycles. The third-order valence-corrected chi connectivity index (χ3v) is 4.65. The lowest BCUT2D eigenvalue weighted by atomic mass is 10.3. The molecule has 96 valence electrons. The molecule has 0 radical (unpaired) electrons. The Morgan fingerprint density at radius 1 is 1.21 bits per heavy atom. The van der Waals surface area contributed by atoms with Crippen molar-refractivity contribution in [2.45, 2.75) is 0 Å². The molecule has 0 aliphatic carbocycles. The molecule has 1 heterocycles. The molecule has 6 heteroatoms. The number of hydrogen-bond donors (Lipinski definition) is 1. The number of halogens is 3. The minimum absolute atomic E-state index is 0.653. The number of rotatable bonds is 1. The van der Waals surface area contributed by atoms with E-state index in [-0.39, 0.29) is 0 Å². The lowest BCUT2D eigenvalue weighted by Gasteiger charge is -2.07. The Morgan fingerprint density at radius 2 is 2.00 bits per heavy atom. The van der Waals surface area contributed by atoms with Gasteiger partial charge in [-0.3, -0.25) is 4.57 Å². The number of aromatic amines is 1. The molecule has 0 unspecified atom stereocenters. The molecule has 19 heavy (non-hydrogen) atoms. The molecule has 0 aliphatic heterocycles. The fraction of sp³-hybridized carbons (Fsp3) is 0. The molecule has 0 spiro atoms. The quantitative estimate of drug-likeness (QED) is 0.361. The second-order valence-electron chi connectivity index (χ2n) is 4.02. The Hall–Kier alpha value is -0.370. The Labute approximate surface area is 142 Å². The van der Waals surface area contributed by atoms with E-state index in [9.17, 15) is 0 Å². The van der Waals surface area contributed by atoms with Crippen molar-refractivity contribution in [2.75, 3.05) is 0 Å². The van der Waals surface area contributed by atoms with Gasteiger partial charge in [0, 0.05) is 13.1 Å². The van der Waals surface area contributed by atoms with Gasteiger partial charge >= 0.3 is 0 Å². The van der Waals surface area contributed by atoms with Crippen molar-refractivity contribution in [3.63, 3.8) is 0 Å². The molecule has 0 bridgehead atoms. The van der Waals surface area contributed by atoms with Gasteiger partial charge in [-0.15, -0.1) is 0 Å². The Bertz CT molecular complexity index is 840. The van der Waals surface area contributed by atoms with Gasteiger partial charge in [0.15, 0.2) is 4.77 Å². The summed E-state index contributed by atoms with van der Waals surface area (Å²) in [6, 6.07) is 11.8. The van der Waals surface area contributed by atoms with Crippen LogP contribution in [0.25, 0.3) is 16.7 Å². The summed E-state index contributed by atoms with van der Waals surface area (Å²) in [6.45, 7) is 0. The van der Waals surface area contributed by atoms with Crippen molar-refractivity contribution in [1.82, 2.24) is 9.55 Å². The van der Waals surface area contributed by atoms with Crippen LogP contribution in [-0.4, -0.2) is 9.55 Å². The lowest BCUT2D eigenvalue weighted by molar-refractivity contribution is 1.06. The van der Waals surface area contributed by atoms with E-state index >= 15 is 0 Å². The summed E-state index contributed by atoms with van der Waals surface area (Å²) in [6.07, 6.45) is 0. The zero-order valence-electron chi connectivity index (χ0n) is 9.45. The summed E-state index contributed by atoms with van der Waals surface area (Å²) in [4.78, 5) is 3.22. The van der Waals surface area contributed by atoms with Gasteiger partial charge in [0.1, 0.15) is 0 Å². The van der Waals surface area contributed by atoms with E-state index in [1.165, 1.54) is 3.57 Å². The zero-order chi connectivity index (χ0) is 13.6. The Balaban J connectivity index is 2.39. The van der Waals surface area contributed by atoms with Crippen LogP contribution in [0.3, 0.4) is 0 Å². The first-order chi connectivity index (χ1) is 9.06.